The Morgan fingerprint density at radius 1 is 1.06 bits per heavy atom. The highest BCUT2D eigenvalue weighted by molar-refractivity contribution is 7.91. The van der Waals surface area contributed by atoms with E-state index >= 15 is 0 Å². The van der Waals surface area contributed by atoms with Gasteiger partial charge in [-0.05, 0) is 42.8 Å². The minimum Gasteiger partial charge on any atom is -0.486 e. The van der Waals surface area contributed by atoms with Crippen LogP contribution in [0, 0.1) is 0 Å². The second-order valence-corrected chi connectivity index (χ2v) is 9.37. The van der Waals surface area contributed by atoms with Crippen LogP contribution in [-0.2, 0) is 19.4 Å². The summed E-state index contributed by atoms with van der Waals surface area (Å²) >= 11 is 0. The minimum atomic E-state index is -3.72. The van der Waals surface area contributed by atoms with Crippen LogP contribution in [0.3, 0.4) is 0 Å². The Labute approximate surface area is 179 Å². The van der Waals surface area contributed by atoms with Crippen molar-refractivity contribution in [3.63, 3.8) is 0 Å². The van der Waals surface area contributed by atoms with Crippen LogP contribution in [-0.4, -0.2) is 45.8 Å². The molecule has 2 N–H and O–H groups in total. The van der Waals surface area contributed by atoms with Crippen molar-refractivity contribution in [2.75, 3.05) is 30.9 Å². The molecule has 2 amide bonds. The Balaban J connectivity index is 1.37. The van der Waals surface area contributed by atoms with Gasteiger partial charge in [0, 0.05) is 6.42 Å². The molecule has 0 radical (unpaired) electrons. The van der Waals surface area contributed by atoms with Gasteiger partial charge in [-0.1, -0.05) is 6.07 Å². The number of hydrogen-bond donors (Lipinski definition) is 2. The van der Waals surface area contributed by atoms with E-state index in [4.69, 9.17) is 14.2 Å². The number of benzene rings is 2. The fourth-order valence-electron chi connectivity index (χ4n) is 3.33. The first-order chi connectivity index (χ1) is 14.8. The van der Waals surface area contributed by atoms with Crippen LogP contribution in [0.1, 0.15) is 24.9 Å². The quantitative estimate of drug-likeness (QED) is 0.695. The molecule has 0 aromatic heterocycles. The molecular formula is C21H22N2O7S. The van der Waals surface area contributed by atoms with Crippen molar-refractivity contribution in [1.29, 1.82) is 0 Å². The zero-order valence-electron chi connectivity index (χ0n) is 16.8. The number of anilines is 1. The summed E-state index contributed by atoms with van der Waals surface area (Å²) in [7, 11) is -3.72. The first-order valence-electron chi connectivity index (χ1n) is 9.80. The zero-order valence-corrected chi connectivity index (χ0v) is 17.7. The summed E-state index contributed by atoms with van der Waals surface area (Å²) in [6, 6.07) is 9.33. The second-order valence-electron chi connectivity index (χ2n) is 7.26. The third-order valence-electron chi connectivity index (χ3n) is 4.98. The molecule has 2 aliphatic rings. The van der Waals surface area contributed by atoms with Gasteiger partial charge in [-0.15, -0.1) is 0 Å². The lowest BCUT2D eigenvalue weighted by atomic mass is 10.1. The van der Waals surface area contributed by atoms with E-state index in [1.807, 2.05) is 13.0 Å². The fourth-order valence-corrected chi connectivity index (χ4v) is 4.59. The Hall–Kier alpha value is -3.27. The van der Waals surface area contributed by atoms with E-state index in [9.17, 15) is 18.0 Å². The highest BCUT2D eigenvalue weighted by Crippen LogP contribution is 2.33. The largest absolute Gasteiger partial charge is 0.486 e. The summed E-state index contributed by atoms with van der Waals surface area (Å²) in [6.45, 7) is 2.66. The molecule has 164 valence electrons. The minimum absolute atomic E-state index is 0.0183. The molecule has 4 rings (SSSR count). The van der Waals surface area contributed by atoms with Gasteiger partial charge in [0.15, 0.2) is 27.9 Å². The number of ether oxygens (including phenoxy) is 3. The van der Waals surface area contributed by atoms with Gasteiger partial charge in [0.1, 0.15) is 19.0 Å². The van der Waals surface area contributed by atoms with Crippen LogP contribution in [0.25, 0.3) is 0 Å². The first-order valence-corrected chi connectivity index (χ1v) is 11.5. The summed E-state index contributed by atoms with van der Waals surface area (Å²) in [4.78, 5) is 23.8. The van der Waals surface area contributed by atoms with Crippen LogP contribution in [0.15, 0.2) is 41.3 Å². The van der Waals surface area contributed by atoms with Crippen molar-refractivity contribution in [2.24, 2.45) is 0 Å². The van der Waals surface area contributed by atoms with Gasteiger partial charge in [-0.3, -0.25) is 9.59 Å². The number of fused-ring (bicyclic) bond motifs is 2. The van der Waals surface area contributed by atoms with Crippen LogP contribution in [0.5, 0.6) is 17.2 Å². The van der Waals surface area contributed by atoms with Gasteiger partial charge in [0.25, 0.3) is 5.91 Å². The van der Waals surface area contributed by atoms with E-state index in [0.717, 1.165) is 5.56 Å². The van der Waals surface area contributed by atoms with Crippen LogP contribution in [0.2, 0.25) is 0 Å². The molecule has 0 fully saturated rings. The number of carbonyl (C=O) groups is 2. The standard InChI is InChI=1S/C21H22N2O7S/c1-13(14-2-4-18-19(10-14)29-8-7-28-18)22-20(24)6-9-31(26,27)15-3-5-17-16(11-15)23-21(25)12-30-17/h2-5,10-11,13H,6-9,12H2,1H3,(H,22,24)(H,23,25). The molecule has 9 nitrogen and oxygen atoms in total. The molecule has 31 heavy (non-hydrogen) atoms. The Morgan fingerprint density at radius 2 is 1.81 bits per heavy atom. The summed E-state index contributed by atoms with van der Waals surface area (Å²) in [6.07, 6.45) is -0.197. The van der Waals surface area contributed by atoms with E-state index in [-0.39, 0.29) is 41.5 Å². The van der Waals surface area contributed by atoms with E-state index < -0.39 is 9.84 Å². The fraction of sp³-hybridized carbons (Fsp3) is 0.333. The van der Waals surface area contributed by atoms with Crippen LogP contribution < -0.4 is 24.8 Å². The third kappa shape index (κ3) is 4.74. The molecule has 0 aliphatic carbocycles. The number of sulfone groups is 1. The predicted octanol–water partition coefficient (Wildman–Crippen LogP) is 1.83. The molecule has 2 aliphatic heterocycles. The second kappa shape index (κ2) is 8.46. The van der Waals surface area contributed by atoms with Crippen molar-refractivity contribution >= 4 is 27.3 Å². The molecular weight excluding hydrogens is 424 g/mol. The van der Waals surface area contributed by atoms with Gasteiger partial charge in [-0.2, -0.15) is 0 Å². The topological polar surface area (TPSA) is 120 Å². The molecule has 0 bridgehead atoms. The van der Waals surface area contributed by atoms with Crippen molar-refractivity contribution in [3.05, 3.63) is 42.0 Å². The van der Waals surface area contributed by atoms with Crippen molar-refractivity contribution in [2.45, 2.75) is 24.3 Å². The van der Waals surface area contributed by atoms with Crippen LogP contribution >= 0.6 is 0 Å². The van der Waals surface area contributed by atoms with E-state index in [1.54, 1.807) is 12.1 Å². The Kier molecular flexibility index (Phi) is 5.73. The van der Waals surface area contributed by atoms with Gasteiger partial charge in [0.05, 0.1) is 22.4 Å². The summed E-state index contributed by atoms with van der Waals surface area (Å²) in [5.74, 6) is 0.585. The average molecular weight is 446 g/mol. The lowest BCUT2D eigenvalue weighted by Crippen LogP contribution is -2.28. The maximum Gasteiger partial charge on any atom is 0.262 e. The monoisotopic (exact) mass is 446 g/mol. The molecule has 2 aromatic rings. The highest BCUT2D eigenvalue weighted by atomic mass is 32.2. The highest BCUT2D eigenvalue weighted by Gasteiger charge is 2.22. The number of hydrogen-bond acceptors (Lipinski definition) is 7. The van der Waals surface area contributed by atoms with Crippen molar-refractivity contribution < 1.29 is 32.2 Å². The number of nitrogens with one attached hydrogen (secondary N) is 2. The summed E-state index contributed by atoms with van der Waals surface area (Å²) < 4.78 is 41.6. The molecule has 0 saturated carbocycles. The van der Waals surface area contributed by atoms with E-state index in [2.05, 4.69) is 10.6 Å². The number of rotatable bonds is 6. The maximum atomic E-state index is 12.7. The van der Waals surface area contributed by atoms with Crippen molar-refractivity contribution in [1.82, 2.24) is 5.32 Å². The predicted molar refractivity (Wildman–Crippen MR) is 111 cm³/mol. The average Bonchev–Trinajstić information content (AvgIpc) is 2.77. The maximum absolute atomic E-state index is 12.7. The summed E-state index contributed by atoms with van der Waals surface area (Å²) in [5.41, 5.74) is 1.12. The summed E-state index contributed by atoms with van der Waals surface area (Å²) in [5, 5.41) is 5.38. The van der Waals surface area contributed by atoms with E-state index in [0.29, 0.717) is 36.1 Å². The molecule has 1 atom stereocenters. The normalized spacial score (nSPS) is 15.8. The van der Waals surface area contributed by atoms with Gasteiger partial charge in [-0.25, -0.2) is 8.42 Å². The van der Waals surface area contributed by atoms with Crippen molar-refractivity contribution in [3.8, 4) is 17.2 Å². The number of carbonyl (C=O) groups excluding carboxylic acids is 2. The lowest BCUT2D eigenvalue weighted by Gasteiger charge is -2.21. The molecule has 0 spiro atoms. The first kappa shape index (κ1) is 21.0. The van der Waals surface area contributed by atoms with Crippen LogP contribution in [0.4, 0.5) is 5.69 Å². The van der Waals surface area contributed by atoms with Gasteiger partial charge >= 0.3 is 0 Å². The Morgan fingerprint density at radius 3 is 2.61 bits per heavy atom. The van der Waals surface area contributed by atoms with Gasteiger partial charge < -0.3 is 24.8 Å². The molecule has 1 unspecified atom stereocenters. The zero-order chi connectivity index (χ0) is 22.0. The smallest absolute Gasteiger partial charge is 0.262 e. The number of amides is 2. The third-order valence-corrected chi connectivity index (χ3v) is 6.70. The molecule has 2 aromatic carbocycles. The molecule has 0 saturated heterocycles. The molecule has 2 heterocycles. The SMILES string of the molecule is CC(NC(=O)CCS(=O)(=O)c1ccc2c(c1)NC(=O)CO2)c1ccc2c(c1)OCCO2. The lowest BCUT2D eigenvalue weighted by molar-refractivity contribution is -0.121. The van der Waals surface area contributed by atoms with Gasteiger partial charge in [0.2, 0.25) is 5.91 Å². The molecule has 10 heteroatoms. The van der Waals surface area contributed by atoms with E-state index in [1.165, 1.54) is 18.2 Å². The Bertz CT molecular complexity index is 1130.